The molecule has 2 atom stereocenters. The minimum Gasteiger partial charge on any atom is -0.256 e. The van der Waals surface area contributed by atoms with Crippen molar-refractivity contribution in [1.29, 1.82) is 0 Å². The van der Waals surface area contributed by atoms with Gasteiger partial charge in [-0.25, -0.2) is 44.9 Å². The number of hydrogen-bond donors (Lipinski definition) is 0. The lowest BCUT2D eigenvalue weighted by Gasteiger charge is -2.39. The molecular weight excluding hydrogens is 1740 g/mol. The molecule has 0 radical (unpaired) electrons. The lowest BCUT2D eigenvalue weighted by Crippen LogP contribution is -2.22. The second-order valence-corrected chi connectivity index (χ2v) is 39.6. The van der Waals surface area contributed by atoms with Gasteiger partial charge in [-0.3, -0.25) is 15.0 Å². The van der Waals surface area contributed by atoms with Gasteiger partial charge in [-0.05, 0) is 200 Å². The topological polar surface area (TPSA) is 155 Å². The first-order valence-corrected chi connectivity index (χ1v) is 49.3. The normalized spacial score (nSPS) is 13.8. The fourth-order valence-corrected chi connectivity index (χ4v) is 20.5. The highest BCUT2D eigenvalue weighted by Gasteiger charge is 2.38. The van der Waals surface area contributed by atoms with Gasteiger partial charge in [-0.1, -0.05) is 412 Å². The average molecular weight is 1850 g/mol. The van der Waals surface area contributed by atoms with Gasteiger partial charge in [0.05, 0.1) is 17.1 Å². The number of pyridine rings is 3. The van der Waals surface area contributed by atoms with E-state index in [1.165, 1.54) is 27.8 Å². The summed E-state index contributed by atoms with van der Waals surface area (Å²) in [6.07, 6.45) is 8.33. The Kier molecular flexibility index (Phi) is 24.9. The Morgan fingerprint density at radius 2 is 0.399 bits per heavy atom. The summed E-state index contributed by atoms with van der Waals surface area (Å²) in [5.74, 6) is 4.68. The van der Waals surface area contributed by atoms with Crippen LogP contribution in [0.4, 0.5) is 0 Å². The second-order valence-electron chi connectivity index (χ2n) is 39.6. The summed E-state index contributed by atoms with van der Waals surface area (Å²) in [4.78, 5) is 65.8. The predicted molar refractivity (Wildman–Crippen MR) is 584 cm³/mol. The Hall–Kier alpha value is -17.2. The molecule has 0 amide bonds. The summed E-state index contributed by atoms with van der Waals surface area (Å²) in [5, 5.41) is 0. The summed E-state index contributed by atoms with van der Waals surface area (Å²) in [6, 6.07) is 144. The van der Waals surface area contributed by atoms with Crippen molar-refractivity contribution < 1.29 is 0 Å². The van der Waals surface area contributed by atoms with Crippen LogP contribution in [0.25, 0.3) is 203 Å². The summed E-state index contributed by atoms with van der Waals surface area (Å²) in [7, 11) is 0. The van der Waals surface area contributed by atoms with Crippen molar-refractivity contribution in [3.05, 3.63) is 470 Å². The first-order valence-electron chi connectivity index (χ1n) is 49.3. The van der Waals surface area contributed by atoms with Crippen LogP contribution in [0.1, 0.15) is 123 Å². The molecule has 1 fully saturated rings. The van der Waals surface area contributed by atoms with Crippen molar-refractivity contribution >= 4 is 0 Å². The SMILES string of the molecule is Cc1cc(-c2ccc(-c3ccccc3C3CC(c4ccc(C(C)(C)C)cc4-c4ccc(-c5cc(C)c(-c6ccccc6)cn5)cc4-c4nc(-c5ccccc5)nc(-c5ccccc5)n4)CC(c4ccc(C(C)(C)C)cc4-c4ccc(-c5cc(C)c(-c6ccccc6)cn5)cc4-c4nc(-c5ccccc5)nc(-c5ccccc5)n4)C3)c(-c3nc(-c4ccccc4)nc(-c4ccccc4)n3)c2)ncc1-c1ccccc1. The third-order valence-corrected chi connectivity index (χ3v) is 28.1. The van der Waals surface area contributed by atoms with Gasteiger partial charge in [0.2, 0.25) is 0 Å². The number of aryl methyl sites for hydroxylation is 3. The number of nitrogens with zero attached hydrogens (tertiary/aromatic N) is 12. The number of hydrogen-bond acceptors (Lipinski definition) is 12. The Balaban J connectivity index is 0.790. The molecule has 1 aliphatic rings. The predicted octanol–water partition coefficient (Wildman–Crippen LogP) is 32.8. The van der Waals surface area contributed by atoms with E-state index in [0.29, 0.717) is 52.4 Å². The molecule has 0 saturated heterocycles. The van der Waals surface area contributed by atoms with E-state index < -0.39 is 0 Å². The fraction of sp³-hybridized carbons (Fsp3) is 0.130. The quantitative estimate of drug-likeness (QED) is 0.0672. The lowest BCUT2D eigenvalue weighted by atomic mass is 9.65. The molecule has 0 bridgehead atoms. The van der Waals surface area contributed by atoms with Crippen molar-refractivity contribution in [2.45, 2.75) is 110 Å². The molecule has 0 aliphatic heterocycles. The molecular formula is C131H106N12. The van der Waals surface area contributed by atoms with E-state index in [4.69, 9.17) is 59.8 Å². The van der Waals surface area contributed by atoms with Crippen LogP contribution in [0.2, 0.25) is 0 Å². The number of benzene rings is 15. The van der Waals surface area contributed by atoms with Gasteiger partial charge in [-0.2, -0.15) is 0 Å². The molecule has 2 unspecified atom stereocenters. The standard InChI is InChI=1S/C131H106N12/c1-83-69-118(132-80-115(83)86-39-19-10-20-40-86)95-59-64-107(112(75-95)127-138-121(89-45-25-13-26-46-89)135-122(139-127)90-47-27-14-28-48-90)106-58-38-37-57-103(106)98-72-99(104-67-62-101(130(4,5)6)78-110(104)108-65-60-96(119-70-84(2)116(81-133-119)87-41-21-11-22-42-87)76-113(108)128-140-123(91-49-29-15-30-50-91)136-124(141-128)92-51-31-16-32-52-92)74-100(73-98)105-68-63-102(131(7,8)9)79-111(105)109-66-61-97(120-71-85(3)117(82-134-120)88-43-23-12-24-44-88)77-114(109)129-142-125(93-53-33-17-34-54-93)137-126(143-129)94-55-35-18-36-56-94/h10-71,75-82,98-100H,72-74H2,1-9H3. The minimum atomic E-state index is -0.296. The van der Waals surface area contributed by atoms with Gasteiger partial charge in [0, 0.05) is 102 Å². The van der Waals surface area contributed by atoms with Crippen LogP contribution in [-0.2, 0) is 10.8 Å². The molecule has 21 aromatic rings. The lowest BCUT2D eigenvalue weighted by molar-refractivity contribution is 0.352. The maximum Gasteiger partial charge on any atom is 0.164 e. The van der Waals surface area contributed by atoms with Crippen LogP contribution < -0.4 is 0 Å². The molecule has 690 valence electrons. The van der Waals surface area contributed by atoms with E-state index in [9.17, 15) is 0 Å². The van der Waals surface area contributed by atoms with Crippen LogP contribution in [0, 0.1) is 20.8 Å². The first kappa shape index (κ1) is 90.9. The number of rotatable bonds is 21. The maximum atomic E-state index is 5.66. The molecule has 12 nitrogen and oxygen atoms in total. The zero-order valence-electron chi connectivity index (χ0n) is 81.6. The van der Waals surface area contributed by atoms with Gasteiger partial charge < -0.3 is 0 Å². The van der Waals surface area contributed by atoms with Crippen molar-refractivity contribution in [2.24, 2.45) is 0 Å². The molecule has 0 N–H and O–H groups in total. The zero-order valence-corrected chi connectivity index (χ0v) is 81.6. The maximum absolute atomic E-state index is 5.66. The highest BCUT2D eigenvalue weighted by molar-refractivity contribution is 5.92. The van der Waals surface area contributed by atoms with E-state index in [0.717, 1.165) is 187 Å². The summed E-state index contributed by atoms with van der Waals surface area (Å²) < 4.78 is 0. The van der Waals surface area contributed by atoms with Gasteiger partial charge in [0.1, 0.15) is 0 Å². The second kappa shape index (κ2) is 39.2. The van der Waals surface area contributed by atoms with Crippen molar-refractivity contribution in [3.63, 3.8) is 0 Å². The van der Waals surface area contributed by atoms with Crippen LogP contribution in [0.15, 0.2) is 425 Å². The molecule has 6 heterocycles. The van der Waals surface area contributed by atoms with E-state index in [-0.39, 0.29) is 28.6 Å². The Labute approximate surface area is 836 Å². The smallest absolute Gasteiger partial charge is 0.164 e. The molecule has 12 heteroatoms. The summed E-state index contributed by atoms with van der Waals surface area (Å²) in [6.45, 7) is 20.5. The largest absolute Gasteiger partial charge is 0.256 e. The van der Waals surface area contributed by atoms with Crippen LogP contribution >= 0.6 is 0 Å². The highest BCUT2D eigenvalue weighted by atomic mass is 15.1. The van der Waals surface area contributed by atoms with E-state index in [2.05, 4.69) is 360 Å². The molecule has 22 rings (SSSR count). The Morgan fingerprint density at radius 3 is 0.650 bits per heavy atom. The van der Waals surface area contributed by atoms with Gasteiger partial charge in [0.25, 0.3) is 0 Å². The molecule has 6 aromatic heterocycles. The van der Waals surface area contributed by atoms with Crippen molar-refractivity contribution in [3.8, 4) is 203 Å². The molecule has 1 saturated carbocycles. The van der Waals surface area contributed by atoms with Gasteiger partial charge in [0.15, 0.2) is 52.4 Å². The third-order valence-electron chi connectivity index (χ3n) is 28.1. The van der Waals surface area contributed by atoms with Gasteiger partial charge >= 0.3 is 0 Å². The molecule has 15 aromatic carbocycles. The highest BCUT2D eigenvalue weighted by Crippen LogP contribution is 2.56. The third kappa shape index (κ3) is 19.1. The Bertz CT molecular complexity index is 7750. The van der Waals surface area contributed by atoms with Crippen LogP contribution in [0.3, 0.4) is 0 Å². The zero-order chi connectivity index (χ0) is 97.2. The first-order chi connectivity index (χ1) is 69.8. The Morgan fingerprint density at radius 1 is 0.175 bits per heavy atom. The van der Waals surface area contributed by atoms with Crippen LogP contribution in [-0.4, -0.2) is 59.8 Å². The fourth-order valence-electron chi connectivity index (χ4n) is 20.5. The monoisotopic (exact) mass is 1850 g/mol. The average Bonchev–Trinajstić information content (AvgIpc) is 0.743. The summed E-state index contributed by atoms with van der Waals surface area (Å²) >= 11 is 0. The van der Waals surface area contributed by atoms with Gasteiger partial charge in [-0.15, -0.1) is 0 Å². The minimum absolute atomic E-state index is 0.110. The van der Waals surface area contributed by atoms with E-state index in [1.807, 2.05) is 128 Å². The molecule has 0 spiro atoms. The van der Waals surface area contributed by atoms with Crippen molar-refractivity contribution in [1.82, 2.24) is 59.8 Å². The van der Waals surface area contributed by atoms with E-state index >= 15 is 0 Å². The van der Waals surface area contributed by atoms with Crippen LogP contribution in [0.5, 0.6) is 0 Å². The molecule has 143 heavy (non-hydrogen) atoms. The number of aromatic nitrogens is 12. The van der Waals surface area contributed by atoms with Crippen molar-refractivity contribution in [2.75, 3.05) is 0 Å². The summed E-state index contributed by atoms with van der Waals surface area (Å²) in [5.41, 5.74) is 34.6. The molecule has 1 aliphatic carbocycles. The van der Waals surface area contributed by atoms with E-state index in [1.54, 1.807) is 0 Å².